The lowest BCUT2D eigenvalue weighted by Gasteiger charge is -2.33. The number of hydrogen-bond acceptors (Lipinski definition) is 4. The molecule has 0 saturated carbocycles. The predicted molar refractivity (Wildman–Crippen MR) is 100 cm³/mol. The first-order chi connectivity index (χ1) is 10.1. The van der Waals surface area contributed by atoms with Gasteiger partial charge < -0.3 is 14.7 Å². The summed E-state index contributed by atoms with van der Waals surface area (Å²) >= 11 is 0. The maximum atomic E-state index is 10.1. The summed E-state index contributed by atoms with van der Waals surface area (Å²) < 4.78 is 5.69. The Bertz CT molecular complexity index is 401. The molecule has 1 N–H and O–H groups in total. The van der Waals surface area contributed by atoms with Crippen LogP contribution in [0.15, 0.2) is 30.3 Å². The highest BCUT2D eigenvalue weighted by Gasteiger charge is 2.17. The fourth-order valence-corrected chi connectivity index (χ4v) is 2.64. The molecule has 6 heteroatoms. The molecule has 0 spiro atoms. The van der Waals surface area contributed by atoms with Crippen molar-refractivity contribution in [3.05, 3.63) is 35.9 Å². The maximum absolute atomic E-state index is 10.1. The fraction of sp³-hybridized carbons (Fsp3) is 0.647. The van der Waals surface area contributed by atoms with Crippen molar-refractivity contribution in [2.24, 2.45) is 0 Å². The Labute approximate surface area is 152 Å². The predicted octanol–water partition coefficient (Wildman–Crippen LogP) is 2.26. The van der Waals surface area contributed by atoms with Crippen molar-refractivity contribution in [1.82, 2.24) is 9.80 Å². The van der Waals surface area contributed by atoms with E-state index in [1.807, 2.05) is 18.2 Å². The van der Waals surface area contributed by atoms with E-state index in [0.717, 1.165) is 26.2 Å². The number of piperazine rings is 1. The third kappa shape index (κ3) is 8.34. The molecule has 1 heterocycles. The number of aliphatic hydroxyl groups excluding tert-OH is 1. The van der Waals surface area contributed by atoms with Gasteiger partial charge in [0.1, 0.15) is 0 Å². The monoisotopic (exact) mass is 364 g/mol. The zero-order valence-corrected chi connectivity index (χ0v) is 15.7. The average molecular weight is 365 g/mol. The van der Waals surface area contributed by atoms with Gasteiger partial charge in [-0.2, -0.15) is 0 Å². The Morgan fingerprint density at radius 3 is 2.26 bits per heavy atom. The van der Waals surface area contributed by atoms with E-state index in [1.54, 1.807) is 0 Å². The van der Waals surface area contributed by atoms with Crippen molar-refractivity contribution in [3.63, 3.8) is 0 Å². The molecule has 1 aliphatic heterocycles. The van der Waals surface area contributed by atoms with Gasteiger partial charge in [-0.05, 0) is 12.6 Å². The molecular weight excluding hydrogens is 335 g/mol. The molecule has 2 unspecified atom stereocenters. The van der Waals surface area contributed by atoms with Crippen LogP contribution in [0.4, 0.5) is 0 Å². The molecule has 134 valence electrons. The molecule has 0 aliphatic carbocycles. The van der Waals surface area contributed by atoms with Gasteiger partial charge in [-0.25, -0.2) is 0 Å². The first-order valence-corrected chi connectivity index (χ1v) is 7.87. The smallest absolute Gasteiger partial charge is 0.0900 e. The molecule has 2 rings (SSSR count). The van der Waals surface area contributed by atoms with Crippen LogP contribution in [0.3, 0.4) is 0 Å². The Balaban J connectivity index is 0.00000242. The van der Waals surface area contributed by atoms with Gasteiger partial charge in [0.15, 0.2) is 0 Å². The first-order valence-electron chi connectivity index (χ1n) is 7.87. The van der Waals surface area contributed by atoms with Crippen LogP contribution >= 0.6 is 24.8 Å². The van der Waals surface area contributed by atoms with Crippen molar-refractivity contribution in [1.29, 1.82) is 0 Å². The second-order valence-corrected chi connectivity index (χ2v) is 6.11. The summed E-state index contributed by atoms with van der Waals surface area (Å²) in [5, 5.41) is 10.1. The highest BCUT2D eigenvalue weighted by molar-refractivity contribution is 5.85. The molecule has 0 aromatic heterocycles. The highest BCUT2D eigenvalue weighted by Crippen LogP contribution is 2.14. The maximum Gasteiger partial charge on any atom is 0.0900 e. The van der Waals surface area contributed by atoms with E-state index in [4.69, 9.17) is 4.74 Å². The van der Waals surface area contributed by atoms with E-state index in [0.29, 0.717) is 25.7 Å². The molecule has 0 radical (unpaired) electrons. The second kappa shape index (κ2) is 12.1. The van der Waals surface area contributed by atoms with Crippen LogP contribution in [-0.4, -0.2) is 74.0 Å². The number of ether oxygens (including phenoxy) is 1. The van der Waals surface area contributed by atoms with E-state index in [-0.39, 0.29) is 24.8 Å². The third-order valence-electron chi connectivity index (χ3n) is 4.11. The largest absolute Gasteiger partial charge is 0.389 e. The fourth-order valence-electron chi connectivity index (χ4n) is 2.64. The van der Waals surface area contributed by atoms with Crippen LogP contribution < -0.4 is 0 Å². The van der Waals surface area contributed by atoms with Crippen molar-refractivity contribution in [3.8, 4) is 0 Å². The summed E-state index contributed by atoms with van der Waals surface area (Å²) in [4.78, 5) is 4.63. The van der Waals surface area contributed by atoms with Gasteiger partial charge in [-0.3, -0.25) is 4.90 Å². The number of likely N-dealkylation sites (N-methyl/N-ethyl adjacent to an activating group) is 1. The van der Waals surface area contributed by atoms with E-state index in [1.165, 1.54) is 5.56 Å². The number of β-amino-alcohol motifs (C(OH)–C–C–N with tert-alkyl or cyclic N) is 1. The van der Waals surface area contributed by atoms with Crippen LogP contribution in [0, 0.1) is 0 Å². The van der Waals surface area contributed by atoms with Crippen molar-refractivity contribution < 1.29 is 9.84 Å². The van der Waals surface area contributed by atoms with Crippen LogP contribution in [0.25, 0.3) is 0 Å². The molecule has 1 aromatic rings. The van der Waals surface area contributed by atoms with Gasteiger partial charge in [0.25, 0.3) is 0 Å². The number of halogens is 2. The van der Waals surface area contributed by atoms with E-state index >= 15 is 0 Å². The SMILES string of the molecule is CC(COCC(O)CN1CCN(C)CC1)c1ccccc1.Cl.Cl. The van der Waals surface area contributed by atoms with Crippen LogP contribution in [-0.2, 0) is 4.74 Å². The minimum absolute atomic E-state index is 0. The second-order valence-electron chi connectivity index (χ2n) is 6.11. The van der Waals surface area contributed by atoms with E-state index in [2.05, 4.69) is 35.9 Å². The quantitative estimate of drug-likeness (QED) is 0.804. The zero-order valence-electron chi connectivity index (χ0n) is 14.1. The number of benzene rings is 1. The molecule has 1 fully saturated rings. The van der Waals surface area contributed by atoms with Gasteiger partial charge in [-0.15, -0.1) is 24.8 Å². The molecule has 1 aliphatic rings. The molecule has 0 amide bonds. The van der Waals surface area contributed by atoms with E-state index < -0.39 is 6.10 Å². The summed E-state index contributed by atoms with van der Waals surface area (Å²) in [6.07, 6.45) is -0.392. The Hall–Kier alpha value is -0.360. The Morgan fingerprint density at radius 1 is 1.04 bits per heavy atom. The summed E-state index contributed by atoms with van der Waals surface area (Å²) in [5.74, 6) is 0.363. The standard InChI is InChI=1S/C17H28N2O2.2ClH/c1-15(16-6-4-3-5-7-16)13-21-14-17(20)12-19-10-8-18(2)9-11-19;;/h3-7,15,17,20H,8-14H2,1-2H3;2*1H. The Kier molecular flexibility index (Phi) is 11.9. The number of aliphatic hydroxyl groups is 1. The molecule has 4 nitrogen and oxygen atoms in total. The first kappa shape index (κ1) is 22.6. The van der Waals surface area contributed by atoms with Gasteiger partial charge in [-0.1, -0.05) is 37.3 Å². The van der Waals surface area contributed by atoms with Crippen molar-refractivity contribution in [2.75, 3.05) is 53.0 Å². The normalized spacial score (nSPS) is 18.6. The summed E-state index contributed by atoms with van der Waals surface area (Å²) in [6.45, 7) is 8.18. The number of rotatable bonds is 7. The molecule has 23 heavy (non-hydrogen) atoms. The zero-order chi connectivity index (χ0) is 15.1. The average Bonchev–Trinajstić information content (AvgIpc) is 2.50. The van der Waals surface area contributed by atoms with Gasteiger partial charge >= 0.3 is 0 Å². The van der Waals surface area contributed by atoms with Gasteiger partial charge in [0, 0.05) is 38.6 Å². The van der Waals surface area contributed by atoms with Gasteiger partial charge in [0.05, 0.1) is 19.3 Å². The lowest BCUT2D eigenvalue weighted by molar-refractivity contribution is 0.00584. The summed E-state index contributed by atoms with van der Waals surface area (Å²) in [6, 6.07) is 10.4. The topological polar surface area (TPSA) is 35.9 Å². The Morgan fingerprint density at radius 2 is 1.65 bits per heavy atom. The van der Waals surface area contributed by atoms with Crippen molar-refractivity contribution >= 4 is 24.8 Å². The number of hydrogen-bond donors (Lipinski definition) is 1. The minimum Gasteiger partial charge on any atom is -0.389 e. The lowest BCUT2D eigenvalue weighted by atomic mass is 10.0. The molecule has 1 saturated heterocycles. The highest BCUT2D eigenvalue weighted by atomic mass is 35.5. The lowest BCUT2D eigenvalue weighted by Crippen LogP contribution is -2.47. The molecule has 0 bridgehead atoms. The molecular formula is C17H30Cl2N2O2. The van der Waals surface area contributed by atoms with Crippen LogP contribution in [0.1, 0.15) is 18.4 Å². The number of nitrogens with zero attached hydrogens (tertiary/aromatic N) is 2. The van der Waals surface area contributed by atoms with E-state index in [9.17, 15) is 5.11 Å². The van der Waals surface area contributed by atoms with Crippen LogP contribution in [0.5, 0.6) is 0 Å². The minimum atomic E-state index is -0.392. The third-order valence-corrected chi connectivity index (χ3v) is 4.11. The molecule has 2 atom stereocenters. The van der Waals surface area contributed by atoms with Crippen LogP contribution in [0.2, 0.25) is 0 Å². The summed E-state index contributed by atoms with van der Waals surface area (Å²) in [5.41, 5.74) is 1.28. The van der Waals surface area contributed by atoms with Crippen molar-refractivity contribution in [2.45, 2.75) is 18.9 Å². The molecule has 1 aromatic carbocycles. The van der Waals surface area contributed by atoms with Gasteiger partial charge in [0.2, 0.25) is 0 Å². The summed E-state index contributed by atoms with van der Waals surface area (Å²) in [7, 11) is 2.14.